The summed E-state index contributed by atoms with van der Waals surface area (Å²) in [5.74, 6) is -2.26. The monoisotopic (exact) mass is 259 g/mol. The third-order valence-corrected chi connectivity index (χ3v) is 2.24. The number of likely N-dealkylation sites (N-methyl/N-ethyl adjacent to an activating group) is 1. The number of ether oxygens (including phenoxy) is 2. The van der Waals surface area contributed by atoms with E-state index in [2.05, 4.69) is 10.1 Å². The fourth-order valence-electron chi connectivity index (χ4n) is 1.35. The summed E-state index contributed by atoms with van der Waals surface area (Å²) in [7, 11) is 1.27. The number of halogens is 2. The summed E-state index contributed by atoms with van der Waals surface area (Å²) in [6, 6.07) is 2.53. The highest BCUT2D eigenvalue weighted by Gasteiger charge is 2.18. The first-order valence-corrected chi connectivity index (χ1v) is 5.47. The molecule has 0 heterocycles. The number of carbonyl (C=O) groups excluding carboxylic acids is 1. The molecule has 1 aromatic carbocycles. The Kier molecular flexibility index (Phi) is 5.51. The van der Waals surface area contributed by atoms with Gasteiger partial charge in [-0.15, -0.1) is 0 Å². The standard InChI is InChI=1S/C12H15F2NO3/c1-3-15-11(12(16)17-2)7-18-8-4-5-9(13)10(14)6-8/h4-6,11,15H,3,7H2,1-2H3. The Labute approximate surface area is 104 Å². The van der Waals surface area contributed by atoms with Gasteiger partial charge in [0.05, 0.1) is 7.11 Å². The smallest absolute Gasteiger partial charge is 0.326 e. The van der Waals surface area contributed by atoms with Crippen molar-refractivity contribution in [1.82, 2.24) is 5.32 Å². The molecule has 0 spiro atoms. The van der Waals surface area contributed by atoms with Gasteiger partial charge < -0.3 is 14.8 Å². The topological polar surface area (TPSA) is 47.6 Å². The molecule has 0 aliphatic heterocycles. The average Bonchev–Trinajstić information content (AvgIpc) is 2.37. The molecule has 0 saturated heterocycles. The van der Waals surface area contributed by atoms with Gasteiger partial charge in [0.15, 0.2) is 11.6 Å². The van der Waals surface area contributed by atoms with E-state index in [1.54, 1.807) is 0 Å². The van der Waals surface area contributed by atoms with Crippen LogP contribution < -0.4 is 10.1 Å². The minimum atomic E-state index is -0.995. The number of esters is 1. The van der Waals surface area contributed by atoms with Crippen molar-refractivity contribution in [2.75, 3.05) is 20.3 Å². The van der Waals surface area contributed by atoms with Crippen LogP contribution in [-0.2, 0) is 9.53 Å². The molecule has 1 N–H and O–H groups in total. The van der Waals surface area contributed by atoms with Gasteiger partial charge in [-0.2, -0.15) is 0 Å². The molecule has 0 saturated carbocycles. The van der Waals surface area contributed by atoms with Gasteiger partial charge in [0.1, 0.15) is 18.4 Å². The SMILES string of the molecule is CCNC(COc1ccc(F)c(F)c1)C(=O)OC. The largest absolute Gasteiger partial charge is 0.491 e. The lowest BCUT2D eigenvalue weighted by Crippen LogP contribution is -2.42. The van der Waals surface area contributed by atoms with Crippen LogP contribution in [0.2, 0.25) is 0 Å². The first-order valence-electron chi connectivity index (χ1n) is 5.47. The van der Waals surface area contributed by atoms with Gasteiger partial charge in [-0.1, -0.05) is 6.92 Å². The summed E-state index contributed by atoms with van der Waals surface area (Å²) in [5, 5.41) is 2.86. The first kappa shape index (κ1) is 14.4. The van der Waals surface area contributed by atoms with Crippen LogP contribution in [0.3, 0.4) is 0 Å². The Morgan fingerprint density at radius 1 is 1.39 bits per heavy atom. The van der Waals surface area contributed by atoms with Crippen molar-refractivity contribution in [3.63, 3.8) is 0 Å². The summed E-state index contributed by atoms with van der Waals surface area (Å²) in [6.07, 6.45) is 0. The number of methoxy groups -OCH3 is 1. The van der Waals surface area contributed by atoms with Gasteiger partial charge in [-0.05, 0) is 18.7 Å². The van der Waals surface area contributed by atoms with Crippen molar-refractivity contribution < 1.29 is 23.0 Å². The second-order valence-electron chi connectivity index (χ2n) is 3.52. The zero-order chi connectivity index (χ0) is 13.5. The normalized spacial score (nSPS) is 12.0. The highest BCUT2D eigenvalue weighted by Crippen LogP contribution is 2.15. The molecule has 1 unspecified atom stereocenters. The number of hydrogen-bond donors (Lipinski definition) is 1. The summed E-state index contributed by atoms with van der Waals surface area (Å²) < 4.78 is 35.4. The lowest BCUT2D eigenvalue weighted by Gasteiger charge is -2.16. The van der Waals surface area contributed by atoms with Crippen molar-refractivity contribution in [2.45, 2.75) is 13.0 Å². The van der Waals surface area contributed by atoms with Gasteiger partial charge in [0, 0.05) is 6.07 Å². The quantitative estimate of drug-likeness (QED) is 0.786. The average molecular weight is 259 g/mol. The third kappa shape index (κ3) is 3.96. The van der Waals surface area contributed by atoms with E-state index < -0.39 is 23.6 Å². The van der Waals surface area contributed by atoms with Gasteiger partial charge in [-0.3, -0.25) is 4.79 Å². The number of benzene rings is 1. The molecule has 0 aromatic heterocycles. The second kappa shape index (κ2) is 6.90. The Balaban J connectivity index is 2.60. The maximum Gasteiger partial charge on any atom is 0.326 e. The summed E-state index contributed by atoms with van der Waals surface area (Å²) in [4.78, 5) is 11.3. The van der Waals surface area contributed by atoms with Crippen molar-refractivity contribution in [1.29, 1.82) is 0 Å². The van der Waals surface area contributed by atoms with Crippen molar-refractivity contribution in [3.8, 4) is 5.75 Å². The molecule has 6 heteroatoms. The van der Waals surface area contributed by atoms with Crippen molar-refractivity contribution >= 4 is 5.97 Å². The fraction of sp³-hybridized carbons (Fsp3) is 0.417. The highest BCUT2D eigenvalue weighted by atomic mass is 19.2. The van der Waals surface area contributed by atoms with Crippen molar-refractivity contribution in [2.24, 2.45) is 0 Å². The fourth-order valence-corrected chi connectivity index (χ4v) is 1.35. The van der Waals surface area contributed by atoms with Crippen LogP contribution in [-0.4, -0.2) is 32.3 Å². The van der Waals surface area contributed by atoms with E-state index in [0.29, 0.717) is 6.54 Å². The van der Waals surface area contributed by atoms with Gasteiger partial charge in [0.2, 0.25) is 0 Å². The van der Waals surface area contributed by atoms with E-state index in [0.717, 1.165) is 12.1 Å². The maximum atomic E-state index is 12.9. The molecule has 0 aliphatic carbocycles. The molecule has 1 aromatic rings. The van der Waals surface area contributed by atoms with Gasteiger partial charge >= 0.3 is 5.97 Å². The van der Waals surface area contributed by atoms with Crippen LogP contribution in [0.15, 0.2) is 18.2 Å². The number of nitrogens with one attached hydrogen (secondary N) is 1. The highest BCUT2D eigenvalue weighted by molar-refractivity contribution is 5.75. The van der Waals surface area contributed by atoms with Crippen LogP contribution in [0.5, 0.6) is 5.75 Å². The molecule has 100 valence electrons. The van der Waals surface area contributed by atoms with E-state index in [1.807, 2.05) is 6.92 Å². The molecule has 18 heavy (non-hydrogen) atoms. The molecule has 0 aliphatic rings. The van der Waals surface area contributed by atoms with Crippen LogP contribution in [0.4, 0.5) is 8.78 Å². The van der Waals surface area contributed by atoms with Gasteiger partial charge in [0.25, 0.3) is 0 Å². The van der Waals surface area contributed by atoms with Crippen LogP contribution >= 0.6 is 0 Å². The maximum absolute atomic E-state index is 12.9. The molecular weight excluding hydrogens is 244 g/mol. The molecule has 0 amide bonds. The van der Waals surface area contributed by atoms with E-state index in [1.165, 1.54) is 13.2 Å². The Bertz CT molecular complexity index is 412. The minimum absolute atomic E-state index is 0.0222. The molecular formula is C12H15F2NO3. The zero-order valence-corrected chi connectivity index (χ0v) is 10.2. The first-order chi connectivity index (χ1) is 8.58. The molecule has 0 fully saturated rings. The van der Waals surface area contributed by atoms with E-state index in [9.17, 15) is 13.6 Å². The predicted molar refractivity (Wildman–Crippen MR) is 61.3 cm³/mol. The Morgan fingerprint density at radius 2 is 2.11 bits per heavy atom. The molecule has 0 radical (unpaired) electrons. The summed E-state index contributed by atoms with van der Waals surface area (Å²) >= 11 is 0. The molecule has 1 rings (SSSR count). The lowest BCUT2D eigenvalue weighted by atomic mass is 10.3. The third-order valence-electron chi connectivity index (χ3n) is 2.24. The van der Waals surface area contributed by atoms with Gasteiger partial charge in [-0.25, -0.2) is 8.78 Å². The number of carbonyl (C=O) groups is 1. The molecule has 1 atom stereocenters. The molecule has 0 bridgehead atoms. The number of hydrogen-bond acceptors (Lipinski definition) is 4. The second-order valence-corrected chi connectivity index (χ2v) is 3.52. The molecule has 4 nitrogen and oxygen atoms in total. The predicted octanol–water partition coefficient (Wildman–Crippen LogP) is 1.49. The zero-order valence-electron chi connectivity index (χ0n) is 10.2. The van der Waals surface area contributed by atoms with E-state index >= 15 is 0 Å². The minimum Gasteiger partial charge on any atom is -0.491 e. The summed E-state index contributed by atoms with van der Waals surface area (Å²) in [6.45, 7) is 2.36. The Morgan fingerprint density at radius 3 is 2.67 bits per heavy atom. The number of rotatable bonds is 6. The van der Waals surface area contributed by atoms with Crippen LogP contribution in [0.1, 0.15) is 6.92 Å². The summed E-state index contributed by atoms with van der Waals surface area (Å²) in [5.41, 5.74) is 0. The van der Waals surface area contributed by atoms with Crippen molar-refractivity contribution in [3.05, 3.63) is 29.8 Å². The van der Waals surface area contributed by atoms with Crippen LogP contribution in [0.25, 0.3) is 0 Å². The van der Waals surface area contributed by atoms with E-state index in [-0.39, 0.29) is 12.4 Å². The Hall–Kier alpha value is -1.69. The van der Waals surface area contributed by atoms with Crippen LogP contribution in [0, 0.1) is 11.6 Å². The lowest BCUT2D eigenvalue weighted by molar-refractivity contribution is -0.143. The van der Waals surface area contributed by atoms with E-state index in [4.69, 9.17) is 4.74 Å².